The third-order valence-corrected chi connectivity index (χ3v) is 5.55. The normalized spacial score (nSPS) is 23.1. The summed E-state index contributed by atoms with van der Waals surface area (Å²) in [5.74, 6) is -0.107. The van der Waals surface area contributed by atoms with Crippen LogP contribution in [0.15, 0.2) is 24.3 Å². The molecular weight excluding hydrogens is 281 g/mol. The van der Waals surface area contributed by atoms with Crippen molar-refractivity contribution in [1.82, 2.24) is 4.90 Å². The molecule has 1 aliphatic heterocycles. The largest absolute Gasteiger partial charge is 0.387 e. The van der Waals surface area contributed by atoms with Gasteiger partial charge in [0.25, 0.3) is 0 Å². The number of sulfone groups is 1. The summed E-state index contributed by atoms with van der Waals surface area (Å²) in [7, 11) is -2.96. The number of halogens is 1. The second-order valence-electron chi connectivity index (χ2n) is 5.18. The Balaban J connectivity index is 2.05. The molecule has 0 spiro atoms. The van der Waals surface area contributed by atoms with E-state index >= 15 is 0 Å². The summed E-state index contributed by atoms with van der Waals surface area (Å²) in [4.78, 5) is 1.92. The van der Waals surface area contributed by atoms with E-state index in [-0.39, 0.29) is 29.7 Å². The number of aliphatic hydroxyl groups excluding tert-OH is 1. The van der Waals surface area contributed by atoms with Crippen molar-refractivity contribution in [2.75, 3.05) is 24.6 Å². The Hall–Kier alpha value is -0.980. The van der Waals surface area contributed by atoms with Crippen molar-refractivity contribution < 1.29 is 17.9 Å². The van der Waals surface area contributed by atoms with Crippen molar-refractivity contribution in [1.29, 1.82) is 0 Å². The van der Waals surface area contributed by atoms with Gasteiger partial charge in [0.2, 0.25) is 0 Å². The molecule has 0 radical (unpaired) electrons. The molecule has 0 amide bonds. The number of benzene rings is 1. The lowest BCUT2D eigenvalue weighted by Crippen LogP contribution is -2.39. The third-order valence-electron chi connectivity index (χ3n) is 3.80. The van der Waals surface area contributed by atoms with Crippen LogP contribution in [0.25, 0.3) is 0 Å². The zero-order valence-corrected chi connectivity index (χ0v) is 12.3. The van der Waals surface area contributed by atoms with Crippen molar-refractivity contribution in [2.24, 2.45) is 0 Å². The lowest BCUT2D eigenvalue weighted by Gasteiger charge is -2.29. The molecule has 0 aliphatic carbocycles. The van der Waals surface area contributed by atoms with Gasteiger partial charge in [0.05, 0.1) is 17.6 Å². The maximum absolute atomic E-state index is 13.6. The number of rotatable bonds is 5. The smallest absolute Gasteiger partial charge is 0.151 e. The van der Waals surface area contributed by atoms with E-state index < -0.39 is 21.8 Å². The van der Waals surface area contributed by atoms with Gasteiger partial charge in [-0.25, -0.2) is 12.8 Å². The van der Waals surface area contributed by atoms with Crippen LogP contribution in [0.5, 0.6) is 0 Å². The van der Waals surface area contributed by atoms with E-state index in [9.17, 15) is 17.9 Å². The fourth-order valence-corrected chi connectivity index (χ4v) is 4.43. The van der Waals surface area contributed by atoms with E-state index in [1.807, 2.05) is 11.8 Å². The molecule has 2 rings (SSSR count). The lowest BCUT2D eigenvalue weighted by molar-refractivity contribution is 0.0937. The first-order chi connectivity index (χ1) is 9.43. The monoisotopic (exact) mass is 301 g/mol. The minimum absolute atomic E-state index is 0.0774. The Morgan fingerprint density at radius 1 is 1.45 bits per heavy atom. The number of hydrogen-bond donors (Lipinski definition) is 1. The summed E-state index contributed by atoms with van der Waals surface area (Å²) >= 11 is 0. The molecule has 2 atom stereocenters. The zero-order valence-electron chi connectivity index (χ0n) is 11.5. The van der Waals surface area contributed by atoms with Crippen LogP contribution in [0.1, 0.15) is 25.0 Å². The molecule has 0 saturated carbocycles. The molecule has 1 heterocycles. The summed E-state index contributed by atoms with van der Waals surface area (Å²) in [5, 5.41) is 10.2. The van der Waals surface area contributed by atoms with Crippen LogP contribution in [0.4, 0.5) is 4.39 Å². The third kappa shape index (κ3) is 3.56. The quantitative estimate of drug-likeness (QED) is 0.892. The molecule has 1 saturated heterocycles. The van der Waals surface area contributed by atoms with Gasteiger partial charge in [-0.05, 0) is 19.0 Å². The Morgan fingerprint density at radius 3 is 2.70 bits per heavy atom. The Kier molecular flexibility index (Phi) is 4.78. The van der Waals surface area contributed by atoms with Crippen LogP contribution < -0.4 is 0 Å². The SMILES string of the molecule is CCN(CC(O)c1ccccc1F)C1CCS(=O)(=O)C1. The first kappa shape index (κ1) is 15.4. The highest BCUT2D eigenvalue weighted by Crippen LogP contribution is 2.22. The Bertz CT molecular complexity index is 561. The number of nitrogens with zero attached hydrogens (tertiary/aromatic N) is 1. The maximum Gasteiger partial charge on any atom is 0.151 e. The van der Waals surface area contributed by atoms with Crippen LogP contribution >= 0.6 is 0 Å². The minimum atomic E-state index is -2.96. The molecule has 20 heavy (non-hydrogen) atoms. The van der Waals surface area contributed by atoms with Crippen LogP contribution in [0, 0.1) is 5.82 Å². The van der Waals surface area contributed by atoms with E-state index in [1.54, 1.807) is 18.2 Å². The van der Waals surface area contributed by atoms with E-state index in [0.29, 0.717) is 13.0 Å². The first-order valence-electron chi connectivity index (χ1n) is 6.80. The molecule has 1 fully saturated rings. The van der Waals surface area contributed by atoms with Gasteiger partial charge in [-0.2, -0.15) is 0 Å². The molecule has 1 aliphatic rings. The van der Waals surface area contributed by atoms with Gasteiger partial charge >= 0.3 is 0 Å². The van der Waals surface area contributed by atoms with Gasteiger partial charge < -0.3 is 5.11 Å². The number of hydrogen-bond acceptors (Lipinski definition) is 4. The van der Waals surface area contributed by atoms with Gasteiger partial charge in [0.1, 0.15) is 5.82 Å². The molecule has 0 aromatic heterocycles. The summed E-state index contributed by atoms with van der Waals surface area (Å²) in [6, 6.07) is 6.05. The van der Waals surface area contributed by atoms with E-state index in [4.69, 9.17) is 0 Å². The van der Waals surface area contributed by atoms with E-state index in [0.717, 1.165) is 0 Å². The Labute approximate surface area is 119 Å². The molecule has 1 aromatic carbocycles. The number of aliphatic hydroxyl groups is 1. The van der Waals surface area contributed by atoms with Crippen molar-refractivity contribution in [3.63, 3.8) is 0 Å². The topological polar surface area (TPSA) is 57.6 Å². The van der Waals surface area contributed by atoms with Gasteiger partial charge in [-0.3, -0.25) is 4.90 Å². The average molecular weight is 301 g/mol. The van der Waals surface area contributed by atoms with Crippen LogP contribution in [0.2, 0.25) is 0 Å². The van der Waals surface area contributed by atoms with Crippen LogP contribution in [-0.2, 0) is 9.84 Å². The second kappa shape index (κ2) is 6.20. The fraction of sp³-hybridized carbons (Fsp3) is 0.571. The standard InChI is InChI=1S/C14H20FNO3S/c1-2-16(11-7-8-20(18,19)10-11)9-14(17)12-5-3-4-6-13(12)15/h3-6,11,14,17H,2,7-10H2,1H3. The lowest BCUT2D eigenvalue weighted by atomic mass is 10.1. The predicted octanol–water partition coefficient (Wildman–Crippen LogP) is 1.37. The van der Waals surface area contributed by atoms with Crippen LogP contribution in [-0.4, -0.2) is 49.1 Å². The minimum Gasteiger partial charge on any atom is -0.387 e. The van der Waals surface area contributed by atoms with Gasteiger partial charge in [0, 0.05) is 18.2 Å². The zero-order chi connectivity index (χ0) is 14.8. The highest BCUT2D eigenvalue weighted by atomic mass is 32.2. The molecule has 0 bridgehead atoms. The summed E-state index contributed by atoms with van der Waals surface area (Å²) in [6.45, 7) is 2.79. The van der Waals surface area contributed by atoms with Crippen molar-refractivity contribution in [3.05, 3.63) is 35.6 Å². The van der Waals surface area contributed by atoms with Crippen molar-refractivity contribution in [2.45, 2.75) is 25.5 Å². The van der Waals surface area contributed by atoms with Crippen molar-refractivity contribution >= 4 is 9.84 Å². The van der Waals surface area contributed by atoms with Crippen LogP contribution in [0.3, 0.4) is 0 Å². The number of likely N-dealkylation sites (N-methyl/N-ethyl adjacent to an activating group) is 1. The highest BCUT2D eigenvalue weighted by molar-refractivity contribution is 7.91. The average Bonchev–Trinajstić information content (AvgIpc) is 2.76. The molecular formula is C14H20FNO3S. The highest BCUT2D eigenvalue weighted by Gasteiger charge is 2.32. The molecule has 6 heteroatoms. The van der Waals surface area contributed by atoms with Gasteiger partial charge in [-0.15, -0.1) is 0 Å². The first-order valence-corrected chi connectivity index (χ1v) is 8.62. The summed E-state index contributed by atoms with van der Waals surface area (Å²) in [5.41, 5.74) is 0.256. The van der Waals surface area contributed by atoms with E-state index in [1.165, 1.54) is 6.07 Å². The summed E-state index contributed by atoms with van der Waals surface area (Å²) in [6.07, 6.45) is -0.361. The second-order valence-corrected chi connectivity index (χ2v) is 7.41. The van der Waals surface area contributed by atoms with E-state index in [2.05, 4.69) is 0 Å². The van der Waals surface area contributed by atoms with Crippen molar-refractivity contribution in [3.8, 4) is 0 Å². The molecule has 112 valence electrons. The molecule has 1 aromatic rings. The van der Waals surface area contributed by atoms with Gasteiger partial charge in [-0.1, -0.05) is 25.1 Å². The van der Waals surface area contributed by atoms with Gasteiger partial charge in [0.15, 0.2) is 9.84 Å². The Morgan fingerprint density at radius 2 is 2.15 bits per heavy atom. The predicted molar refractivity (Wildman–Crippen MR) is 75.7 cm³/mol. The molecule has 1 N–H and O–H groups in total. The summed E-state index contributed by atoms with van der Waals surface area (Å²) < 4.78 is 36.7. The fourth-order valence-electron chi connectivity index (χ4n) is 2.67. The maximum atomic E-state index is 13.6. The molecule has 2 unspecified atom stereocenters. The molecule has 4 nitrogen and oxygen atoms in total.